The lowest BCUT2D eigenvalue weighted by Gasteiger charge is -2.22. The minimum Gasteiger partial charge on any atom is -0.497 e. The minimum atomic E-state index is -3.99. The van der Waals surface area contributed by atoms with Gasteiger partial charge in [0.05, 0.1) is 24.6 Å². The second-order valence-corrected chi connectivity index (χ2v) is 6.77. The van der Waals surface area contributed by atoms with Crippen LogP contribution in [-0.4, -0.2) is 33.6 Å². The molecule has 0 fully saturated rings. The van der Waals surface area contributed by atoms with Gasteiger partial charge in [0.25, 0.3) is 11.8 Å². The molecule has 0 aliphatic rings. The lowest BCUT2D eigenvalue weighted by atomic mass is 10.1. The van der Waals surface area contributed by atoms with Crippen LogP contribution in [-0.2, 0) is 10.0 Å². The van der Waals surface area contributed by atoms with Crippen molar-refractivity contribution in [2.75, 3.05) is 17.7 Å². The van der Waals surface area contributed by atoms with Crippen LogP contribution in [0.25, 0.3) is 0 Å². The summed E-state index contributed by atoms with van der Waals surface area (Å²) >= 11 is 0. The van der Waals surface area contributed by atoms with Gasteiger partial charge < -0.3 is 10.5 Å². The molecule has 0 heterocycles. The van der Waals surface area contributed by atoms with Gasteiger partial charge in [0, 0.05) is 5.56 Å². The third kappa shape index (κ3) is 3.54. The van der Waals surface area contributed by atoms with E-state index in [0.717, 1.165) is 6.26 Å². The number of rotatable bonds is 5. The fourth-order valence-electron chi connectivity index (χ4n) is 2.15. The van der Waals surface area contributed by atoms with Crippen LogP contribution in [0, 0.1) is 0 Å². The van der Waals surface area contributed by atoms with Crippen molar-refractivity contribution in [2.24, 2.45) is 5.73 Å². The first-order chi connectivity index (χ1) is 11.3. The number of anilines is 1. The lowest BCUT2D eigenvalue weighted by molar-refractivity contribution is 0.100. The number of sulfonamides is 1. The Kier molecular flexibility index (Phi) is 4.89. The maximum atomic E-state index is 12.7. The van der Waals surface area contributed by atoms with E-state index in [1.54, 1.807) is 0 Å². The Balaban J connectivity index is 2.58. The Morgan fingerprint density at radius 1 is 1.04 bits per heavy atom. The molecule has 2 aromatic rings. The second kappa shape index (κ2) is 6.71. The summed E-state index contributed by atoms with van der Waals surface area (Å²) in [7, 11) is -2.52. The molecule has 0 radical (unpaired) electrons. The molecule has 0 atom stereocenters. The SMILES string of the molecule is COc1ccc(C(=O)N(c2ccccc2C(N)=O)S(C)(=O)=O)cc1. The van der Waals surface area contributed by atoms with Gasteiger partial charge in [-0.1, -0.05) is 12.1 Å². The van der Waals surface area contributed by atoms with E-state index >= 15 is 0 Å². The molecule has 24 heavy (non-hydrogen) atoms. The molecule has 2 N–H and O–H groups in total. The van der Waals surface area contributed by atoms with Crippen molar-refractivity contribution in [3.05, 3.63) is 59.7 Å². The van der Waals surface area contributed by atoms with Crippen molar-refractivity contribution >= 4 is 27.5 Å². The first-order valence-corrected chi connectivity index (χ1v) is 8.68. The number of nitrogens with zero attached hydrogens (tertiary/aromatic N) is 1. The van der Waals surface area contributed by atoms with Crippen LogP contribution in [0.3, 0.4) is 0 Å². The van der Waals surface area contributed by atoms with Gasteiger partial charge in [0.1, 0.15) is 5.75 Å². The highest BCUT2D eigenvalue weighted by atomic mass is 32.2. The maximum absolute atomic E-state index is 12.7. The van der Waals surface area contributed by atoms with Crippen molar-refractivity contribution in [3.8, 4) is 5.75 Å². The van der Waals surface area contributed by atoms with E-state index in [1.807, 2.05) is 0 Å². The molecular formula is C16H16N2O5S. The highest BCUT2D eigenvalue weighted by Crippen LogP contribution is 2.25. The van der Waals surface area contributed by atoms with E-state index in [1.165, 1.54) is 55.6 Å². The quantitative estimate of drug-likeness (QED) is 0.879. The number of amides is 2. The second-order valence-electron chi connectivity index (χ2n) is 4.94. The Bertz CT molecular complexity index is 876. The number of para-hydroxylation sites is 1. The third-order valence-corrected chi connectivity index (χ3v) is 4.27. The molecule has 0 unspecified atom stereocenters. The maximum Gasteiger partial charge on any atom is 0.272 e. The predicted octanol–water partition coefficient (Wildman–Crippen LogP) is 1.40. The highest BCUT2D eigenvalue weighted by Gasteiger charge is 2.29. The topological polar surface area (TPSA) is 107 Å². The van der Waals surface area contributed by atoms with Crippen LogP contribution in [0.1, 0.15) is 20.7 Å². The first kappa shape index (κ1) is 17.5. The smallest absolute Gasteiger partial charge is 0.272 e. The summed E-state index contributed by atoms with van der Waals surface area (Å²) in [6.07, 6.45) is 0.881. The van der Waals surface area contributed by atoms with Crippen LogP contribution in [0.5, 0.6) is 5.75 Å². The molecule has 0 bridgehead atoms. The van der Waals surface area contributed by atoms with E-state index in [-0.39, 0.29) is 16.8 Å². The Morgan fingerprint density at radius 2 is 1.62 bits per heavy atom. The van der Waals surface area contributed by atoms with E-state index in [4.69, 9.17) is 10.5 Å². The van der Waals surface area contributed by atoms with Crippen molar-refractivity contribution in [2.45, 2.75) is 0 Å². The number of primary amides is 1. The van der Waals surface area contributed by atoms with Gasteiger partial charge in [-0.3, -0.25) is 9.59 Å². The van der Waals surface area contributed by atoms with Crippen LogP contribution < -0.4 is 14.8 Å². The third-order valence-electron chi connectivity index (χ3n) is 3.24. The van der Waals surface area contributed by atoms with Gasteiger partial charge in [-0.25, -0.2) is 12.7 Å². The van der Waals surface area contributed by atoms with Crippen LogP contribution in [0.2, 0.25) is 0 Å². The zero-order valence-electron chi connectivity index (χ0n) is 13.1. The molecule has 7 nitrogen and oxygen atoms in total. The minimum absolute atomic E-state index is 0.0650. The normalized spacial score (nSPS) is 10.9. The fourth-order valence-corrected chi connectivity index (χ4v) is 3.07. The Labute approximate surface area is 139 Å². The monoisotopic (exact) mass is 348 g/mol. The molecule has 0 saturated carbocycles. The number of hydrogen-bond donors (Lipinski definition) is 1. The molecule has 126 valence electrons. The van der Waals surface area contributed by atoms with Gasteiger partial charge in [-0.15, -0.1) is 0 Å². The lowest BCUT2D eigenvalue weighted by Crippen LogP contribution is -2.37. The van der Waals surface area contributed by atoms with Crippen molar-refractivity contribution < 1.29 is 22.7 Å². The number of carbonyl (C=O) groups excluding carboxylic acids is 2. The van der Waals surface area contributed by atoms with Gasteiger partial charge in [0.15, 0.2) is 0 Å². The van der Waals surface area contributed by atoms with Crippen molar-refractivity contribution in [1.29, 1.82) is 0 Å². The molecule has 8 heteroatoms. The molecule has 0 saturated heterocycles. The van der Waals surface area contributed by atoms with Crippen molar-refractivity contribution in [3.63, 3.8) is 0 Å². The standard InChI is InChI=1S/C16H16N2O5S/c1-23-12-9-7-11(8-10-12)16(20)18(24(2,21)22)14-6-4-3-5-13(14)15(17)19/h3-10H,1-2H3,(H2,17,19). The summed E-state index contributed by atoms with van der Waals surface area (Å²) in [5, 5.41) is 0. The van der Waals surface area contributed by atoms with Crippen molar-refractivity contribution in [1.82, 2.24) is 0 Å². The summed E-state index contributed by atoms with van der Waals surface area (Å²) in [5.74, 6) is -1.11. The van der Waals surface area contributed by atoms with Gasteiger partial charge in [-0.2, -0.15) is 0 Å². The summed E-state index contributed by atoms with van der Waals surface area (Å²) in [6, 6.07) is 11.7. The summed E-state index contributed by atoms with van der Waals surface area (Å²) in [4.78, 5) is 24.3. The summed E-state index contributed by atoms with van der Waals surface area (Å²) in [6.45, 7) is 0. The van der Waals surface area contributed by atoms with Crippen LogP contribution >= 0.6 is 0 Å². The molecule has 2 rings (SSSR count). The Morgan fingerprint density at radius 3 is 2.12 bits per heavy atom. The predicted molar refractivity (Wildman–Crippen MR) is 89.6 cm³/mol. The van der Waals surface area contributed by atoms with E-state index < -0.39 is 21.8 Å². The molecule has 2 amide bonds. The van der Waals surface area contributed by atoms with Crippen LogP contribution in [0.15, 0.2) is 48.5 Å². The molecule has 0 spiro atoms. The van der Waals surface area contributed by atoms with Crippen LogP contribution in [0.4, 0.5) is 5.69 Å². The van der Waals surface area contributed by atoms with E-state index in [0.29, 0.717) is 10.1 Å². The fraction of sp³-hybridized carbons (Fsp3) is 0.125. The number of benzene rings is 2. The van der Waals surface area contributed by atoms with Gasteiger partial charge >= 0.3 is 0 Å². The van der Waals surface area contributed by atoms with E-state index in [2.05, 4.69) is 0 Å². The highest BCUT2D eigenvalue weighted by molar-refractivity contribution is 7.92. The number of nitrogens with two attached hydrogens (primary N) is 1. The van der Waals surface area contributed by atoms with Gasteiger partial charge in [0.2, 0.25) is 10.0 Å². The average Bonchev–Trinajstić information content (AvgIpc) is 2.54. The van der Waals surface area contributed by atoms with E-state index in [9.17, 15) is 18.0 Å². The summed E-state index contributed by atoms with van der Waals surface area (Å²) in [5.41, 5.74) is 5.26. The average molecular weight is 348 g/mol. The molecular weight excluding hydrogens is 332 g/mol. The van der Waals surface area contributed by atoms with Gasteiger partial charge in [-0.05, 0) is 36.4 Å². The largest absolute Gasteiger partial charge is 0.497 e. The Hall–Kier alpha value is -2.87. The summed E-state index contributed by atoms with van der Waals surface area (Å²) < 4.78 is 29.9. The number of carbonyl (C=O) groups is 2. The number of ether oxygens (including phenoxy) is 1. The first-order valence-electron chi connectivity index (χ1n) is 6.83. The molecule has 0 aliphatic carbocycles. The number of methoxy groups -OCH3 is 1. The molecule has 0 aromatic heterocycles. The zero-order chi connectivity index (χ0) is 17.9. The number of hydrogen-bond acceptors (Lipinski definition) is 5. The zero-order valence-corrected chi connectivity index (χ0v) is 13.9. The molecule has 2 aromatic carbocycles. The molecule has 0 aliphatic heterocycles.